The van der Waals surface area contributed by atoms with Gasteiger partial charge in [0.15, 0.2) is 11.5 Å². The lowest BCUT2D eigenvalue weighted by Gasteiger charge is -2.33. The van der Waals surface area contributed by atoms with Crippen LogP contribution in [0.25, 0.3) is 10.9 Å². The van der Waals surface area contributed by atoms with Crippen LogP contribution in [0, 0.1) is 0 Å². The normalized spacial score (nSPS) is 18.5. The first kappa shape index (κ1) is 15.5. The third-order valence-electron chi connectivity index (χ3n) is 5.12. The molecule has 0 spiro atoms. The lowest BCUT2D eigenvalue weighted by molar-refractivity contribution is 0.0611. The number of aromatic nitrogens is 4. The highest BCUT2D eigenvalue weighted by molar-refractivity contribution is 6.04. The summed E-state index contributed by atoms with van der Waals surface area (Å²) >= 11 is 0. The largest absolute Gasteiger partial charge is 0.338 e. The molecule has 1 aromatic carbocycles. The van der Waals surface area contributed by atoms with Crippen LogP contribution in [0.1, 0.15) is 41.0 Å². The van der Waals surface area contributed by atoms with Crippen LogP contribution in [0.15, 0.2) is 28.8 Å². The fourth-order valence-corrected chi connectivity index (χ4v) is 3.42. The summed E-state index contributed by atoms with van der Waals surface area (Å²) < 4.78 is 5.35. The Hall–Kier alpha value is -2.74. The first-order chi connectivity index (χ1) is 12.8. The van der Waals surface area contributed by atoms with Gasteiger partial charge in [0.1, 0.15) is 0 Å². The third kappa shape index (κ3) is 2.86. The van der Waals surface area contributed by atoms with Crippen molar-refractivity contribution < 1.29 is 9.32 Å². The average Bonchev–Trinajstić information content (AvgIpc) is 3.27. The summed E-state index contributed by atoms with van der Waals surface area (Å²) in [6.45, 7) is 3.56. The number of nitrogens with zero attached hydrogens (tertiary/aromatic N) is 5. The number of piperazine rings is 1. The van der Waals surface area contributed by atoms with Crippen molar-refractivity contribution >= 4 is 16.8 Å². The van der Waals surface area contributed by atoms with E-state index in [1.165, 1.54) is 12.8 Å². The maximum atomic E-state index is 12.8. The van der Waals surface area contributed by atoms with E-state index in [9.17, 15) is 4.79 Å². The first-order valence-corrected chi connectivity index (χ1v) is 9.05. The summed E-state index contributed by atoms with van der Waals surface area (Å²) in [5.41, 5.74) is 1.39. The molecule has 0 bridgehead atoms. The van der Waals surface area contributed by atoms with E-state index < -0.39 is 0 Å². The number of hydrogen-bond acceptors (Lipinski definition) is 6. The molecule has 134 valence electrons. The van der Waals surface area contributed by atoms with Crippen molar-refractivity contribution in [2.24, 2.45) is 0 Å². The third-order valence-corrected chi connectivity index (χ3v) is 5.12. The van der Waals surface area contributed by atoms with E-state index in [1.807, 2.05) is 29.2 Å². The number of para-hydroxylation sites is 1. The molecule has 26 heavy (non-hydrogen) atoms. The van der Waals surface area contributed by atoms with Crippen LogP contribution in [-0.4, -0.2) is 62.2 Å². The van der Waals surface area contributed by atoms with Crippen LogP contribution in [0.4, 0.5) is 0 Å². The van der Waals surface area contributed by atoms with Gasteiger partial charge in [-0.05, 0) is 18.9 Å². The number of amides is 1. The van der Waals surface area contributed by atoms with Gasteiger partial charge in [0.05, 0.1) is 12.1 Å². The van der Waals surface area contributed by atoms with Crippen LogP contribution in [0.2, 0.25) is 0 Å². The second-order valence-corrected chi connectivity index (χ2v) is 7.01. The Morgan fingerprint density at radius 2 is 2.00 bits per heavy atom. The molecule has 2 fully saturated rings. The van der Waals surface area contributed by atoms with Crippen LogP contribution in [-0.2, 0) is 6.54 Å². The molecule has 1 aliphatic carbocycles. The van der Waals surface area contributed by atoms with E-state index in [2.05, 4.69) is 25.2 Å². The summed E-state index contributed by atoms with van der Waals surface area (Å²) in [5, 5.41) is 12.1. The first-order valence-electron chi connectivity index (χ1n) is 9.05. The predicted octanol–water partition coefficient (Wildman–Crippen LogP) is 1.78. The van der Waals surface area contributed by atoms with Crippen molar-refractivity contribution in [3.63, 3.8) is 0 Å². The number of fused-ring (bicyclic) bond motifs is 1. The molecule has 8 nitrogen and oxygen atoms in total. The molecule has 0 atom stereocenters. The quantitative estimate of drug-likeness (QED) is 0.770. The summed E-state index contributed by atoms with van der Waals surface area (Å²) in [6, 6.07) is 7.71. The van der Waals surface area contributed by atoms with Gasteiger partial charge in [-0.25, -0.2) is 0 Å². The zero-order valence-electron chi connectivity index (χ0n) is 14.4. The van der Waals surface area contributed by atoms with Crippen LogP contribution in [0.5, 0.6) is 0 Å². The topological polar surface area (TPSA) is 91.2 Å². The van der Waals surface area contributed by atoms with E-state index in [-0.39, 0.29) is 5.91 Å². The maximum absolute atomic E-state index is 12.8. The van der Waals surface area contributed by atoms with Gasteiger partial charge in [-0.1, -0.05) is 23.4 Å². The van der Waals surface area contributed by atoms with Gasteiger partial charge in [-0.2, -0.15) is 10.1 Å². The Kier molecular flexibility index (Phi) is 3.70. The van der Waals surface area contributed by atoms with Crippen molar-refractivity contribution in [1.29, 1.82) is 0 Å². The number of H-pyrrole nitrogens is 1. The van der Waals surface area contributed by atoms with Crippen LogP contribution < -0.4 is 0 Å². The van der Waals surface area contributed by atoms with E-state index in [4.69, 9.17) is 4.52 Å². The van der Waals surface area contributed by atoms with Gasteiger partial charge in [-0.15, -0.1) is 0 Å². The molecule has 1 saturated carbocycles. The van der Waals surface area contributed by atoms with Gasteiger partial charge >= 0.3 is 0 Å². The van der Waals surface area contributed by atoms with Gasteiger partial charge in [-0.3, -0.25) is 14.8 Å². The van der Waals surface area contributed by atoms with E-state index in [1.54, 1.807) is 0 Å². The Morgan fingerprint density at radius 3 is 2.81 bits per heavy atom. The molecule has 5 rings (SSSR count). The van der Waals surface area contributed by atoms with Crippen LogP contribution in [0.3, 0.4) is 0 Å². The van der Waals surface area contributed by atoms with Crippen molar-refractivity contribution in [3.05, 3.63) is 41.7 Å². The van der Waals surface area contributed by atoms with Crippen molar-refractivity contribution in [2.45, 2.75) is 25.3 Å². The van der Waals surface area contributed by atoms with Crippen molar-refractivity contribution in [3.8, 4) is 0 Å². The summed E-state index contributed by atoms with van der Waals surface area (Å²) in [5.74, 6) is 2.01. The van der Waals surface area contributed by atoms with Gasteiger partial charge < -0.3 is 9.42 Å². The average molecular weight is 352 g/mol. The Labute approximate surface area is 150 Å². The monoisotopic (exact) mass is 352 g/mol. The van der Waals surface area contributed by atoms with Gasteiger partial charge in [0.25, 0.3) is 5.91 Å². The maximum Gasteiger partial charge on any atom is 0.275 e. The molecule has 1 saturated heterocycles. The molecule has 2 aromatic heterocycles. The summed E-state index contributed by atoms with van der Waals surface area (Å²) in [4.78, 5) is 21.4. The summed E-state index contributed by atoms with van der Waals surface area (Å²) in [7, 11) is 0. The van der Waals surface area contributed by atoms with Crippen LogP contribution >= 0.6 is 0 Å². The Balaban J connectivity index is 1.21. The molecule has 1 aliphatic heterocycles. The fourth-order valence-electron chi connectivity index (χ4n) is 3.42. The lowest BCUT2D eigenvalue weighted by atomic mass is 10.2. The number of rotatable bonds is 4. The molecular weight excluding hydrogens is 332 g/mol. The van der Waals surface area contributed by atoms with E-state index in [0.717, 1.165) is 29.8 Å². The van der Waals surface area contributed by atoms with E-state index >= 15 is 0 Å². The molecule has 0 unspecified atom stereocenters. The Bertz CT molecular complexity index is 936. The molecule has 8 heteroatoms. The zero-order valence-corrected chi connectivity index (χ0v) is 14.4. The highest BCUT2D eigenvalue weighted by atomic mass is 16.5. The second-order valence-electron chi connectivity index (χ2n) is 7.01. The number of carbonyl (C=O) groups is 1. The molecule has 3 heterocycles. The SMILES string of the molecule is O=C(c1n[nH]c2ccccc12)N1CCN(Cc2nc(C3CC3)no2)CC1. The van der Waals surface area contributed by atoms with Gasteiger partial charge in [0.2, 0.25) is 5.89 Å². The number of benzene rings is 1. The molecular formula is C18H20N6O2. The summed E-state index contributed by atoms with van der Waals surface area (Å²) in [6.07, 6.45) is 2.34. The highest BCUT2D eigenvalue weighted by Crippen LogP contribution is 2.38. The van der Waals surface area contributed by atoms with Gasteiger partial charge in [0, 0.05) is 37.5 Å². The molecule has 2 aliphatic rings. The lowest BCUT2D eigenvalue weighted by Crippen LogP contribution is -2.48. The molecule has 0 radical (unpaired) electrons. The zero-order chi connectivity index (χ0) is 17.5. The number of aromatic amines is 1. The van der Waals surface area contributed by atoms with E-state index in [0.29, 0.717) is 37.1 Å². The number of hydrogen-bond donors (Lipinski definition) is 1. The predicted molar refractivity (Wildman–Crippen MR) is 93.5 cm³/mol. The van der Waals surface area contributed by atoms with Crippen molar-refractivity contribution in [1.82, 2.24) is 30.1 Å². The number of nitrogens with one attached hydrogen (secondary N) is 1. The molecule has 1 N–H and O–H groups in total. The smallest absolute Gasteiger partial charge is 0.275 e. The molecule has 1 amide bonds. The second kappa shape index (κ2) is 6.21. The minimum atomic E-state index is -0.0177. The Morgan fingerprint density at radius 1 is 1.19 bits per heavy atom. The standard InChI is InChI=1S/C18H20N6O2/c25-18(16-13-3-1-2-4-14(13)20-21-16)24-9-7-23(8-10-24)11-15-19-17(22-26-15)12-5-6-12/h1-4,12H,5-11H2,(H,20,21). The fraction of sp³-hybridized carbons (Fsp3) is 0.444. The number of carbonyl (C=O) groups excluding carboxylic acids is 1. The highest BCUT2D eigenvalue weighted by Gasteiger charge is 2.30. The molecule has 3 aromatic rings. The van der Waals surface area contributed by atoms with Crippen molar-refractivity contribution in [2.75, 3.05) is 26.2 Å². The minimum Gasteiger partial charge on any atom is -0.338 e. The minimum absolute atomic E-state index is 0.0177.